The molecule has 3 nitrogen and oxygen atoms in total. The van der Waals surface area contributed by atoms with Gasteiger partial charge in [0.2, 0.25) is 0 Å². The highest BCUT2D eigenvalue weighted by molar-refractivity contribution is 5.45. The number of nitrogens with zero attached hydrogens (tertiary/aromatic N) is 3. The van der Waals surface area contributed by atoms with Crippen LogP contribution in [0.15, 0.2) is 18.6 Å². The first-order valence-corrected chi connectivity index (χ1v) is 6.04. The lowest BCUT2D eigenvalue weighted by Gasteiger charge is -2.20. The largest absolute Gasteiger partial charge is 0.300 e. The molecule has 0 saturated carbocycles. The predicted octanol–water partition coefficient (Wildman–Crippen LogP) is 3.32. The lowest BCUT2D eigenvalue weighted by Crippen LogP contribution is -2.18. The van der Waals surface area contributed by atoms with Crippen LogP contribution < -0.4 is 0 Å². The lowest BCUT2D eigenvalue weighted by atomic mass is 9.92. The highest BCUT2D eigenvalue weighted by atomic mass is 15.0. The van der Waals surface area contributed by atoms with E-state index in [4.69, 9.17) is 0 Å². The van der Waals surface area contributed by atoms with E-state index in [1.54, 1.807) is 0 Å². The van der Waals surface area contributed by atoms with Gasteiger partial charge < -0.3 is 0 Å². The second kappa shape index (κ2) is 3.56. The standard InChI is InChI=1S/C14H21N3/c1-13(2,3)11-9-17-10(7-15-11)8-16-12(17)14(4,5)6/h7-9H,1-6H3. The van der Waals surface area contributed by atoms with Crippen molar-refractivity contribution in [3.05, 3.63) is 30.1 Å². The quantitative estimate of drug-likeness (QED) is 0.696. The monoisotopic (exact) mass is 231 g/mol. The molecule has 0 aromatic carbocycles. The zero-order valence-electron chi connectivity index (χ0n) is 11.6. The number of fused-ring (bicyclic) bond motifs is 1. The van der Waals surface area contributed by atoms with Crippen molar-refractivity contribution in [2.24, 2.45) is 0 Å². The molecule has 0 radical (unpaired) electrons. The summed E-state index contributed by atoms with van der Waals surface area (Å²) in [4.78, 5) is 9.03. The van der Waals surface area contributed by atoms with Gasteiger partial charge in [-0.1, -0.05) is 41.5 Å². The summed E-state index contributed by atoms with van der Waals surface area (Å²) in [6.45, 7) is 13.1. The summed E-state index contributed by atoms with van der Waals surface area (Å²) in [6, 6.07) is 0. The molecule has 92 valence electrons. The summed E-state index contributed by atoms with van der Waals surface area (Å²) in [5, 5.41) is 0. The molecule has 0 aliphatic heterocycles. The smallest absolute Gasteiger partial charge is 0.118 e. The van der Waals surface area contributed by atoms with Crippen LogP contribution >= 0.6 is 0 Å². The summed E-state index contributed by atoms with van der Waals surface area (Å²) in [5.74, 6) is 1.08. The average Bonchev–Trinajstić information content (AvgIpc) is 2.57. The molecule has 17 heavy (non-hydrogen) atoms. The zero-order valence-corrected chi connectivity index (χ0v) is 11.6. The van der Waals surface area contributed by atoms with Crippen LogP contribution in [0.3, 0.4) is 0 Å². The van der Waals surface area contributed by atoms with Gasteiger partial charge in [-0.25, -0.2) is 4.98 Å². The average molecular weight is 231 g/mol. The van der Waals surface area contributed by atoms with Gasteiger partial charge in [-0.15, -0.1) is 0 Å². The van der Waals surface area contributed by atoms with Crippen molar-refractivity contribution in [1.82, 2.24) is 14.4 Å². The van der Waals surface area contributed by atoms with Crippen LogP contribution in [-0.4, -0.2) is 14.4 Å². The molecular weight excluding hydrogens is 210 g/mol. The summed E-state index contributed by atoms with van der Waals surface area (Å²) in [6.07, 6.45) is 5.91. The maximum Gasteiger partial charge on any atom is 0.118 e. The minimum Gasteiger partial charge on any atom is -0.300 e. The zero-order chi connectivity index (χ0) is 12.8. The summed E-state index contributed by atoms with van der Waals surface area (Å²) in [7, 11) is 0. The first-order valence-electron chi connectivity index (χ1n) is 6.04. The van der Waals surface area contributed by atoms with Crippen molar-refractivity contribution in [3.8, 4) is 0 Å². The maximum absolute atomic E-state index is 4.51. The van der Waals surface area contributed by atoms with Crippen LogP contribution in [0.25, 0.3) is 5.52 Å². The molecule has 0 spiro atoms. The fraction of sp³-hybridized carbons (Fsp3) is 0.571. The SMILES string of the molecule is CC(C)(C)c1cn2c(C(C)(C)C)ncc2cn1. The van der Waals surface area contributed by atoms with Gasteiger partial charge in [0.25, 0.3) is 0 Å². The van der Waals surface area contributed by atoms with Gasteiger partial charge in [0.1, 0.15) is 5.82 Å². The molecule has 2 heterocycles. The Hall–Kier alpha value is -1.38. The maximum atomic E-state index is 4.51. The van der Waals surface area contributed by atoms with Crippen molar-refractivity contribution >= 4 is 5.52 Å². The van der Waals surface area contributed by atoms with Crippen molar-refractivity contribution in [1.29, 1.82) is 0 Å². The van der Waals surface area contributed by atoms with E-state index < -0.39 is 0 Å². The van der Waals surface area contributed by atoms with E-state index in [1.807, 2.05) is 12.4 Å². The van der Waals surface area contributed by atoms with Crippen LogP contribution in [0, 0.1) is 0 Å². The summed E-state index contributed by atoms with van der Waals surface area (Å²) >= 11 is 0. The molecule has 0 aliphatic carbocycles. The molecule has 0 fully saturated rings. The number of imidazole rings is 1. The van der Waals surface area contributed by atoms with E-state index in [0.717, 1.165) is 17.0 Å². The van der Waals surface area contributed by atoms with Gasteiger partial charge in [0, 0.05) is 17.0 Å². The van der Waals surface area contributed by atoms with Crippen LogP contribution in [-0.2, 0) is 10.8 Å². The summed E-state index contributed by atoms with van der Waals surface area (Å²) in [5.41, 5.74) is 2.26. The van der Waals surface area contributed by atoms with Crippen LogP contribution in [0.1, 0.15) is 53.1 Å². The van der Waals surface area contributed by atoms with Crippen LogP contribution in [0.5, 0.6) is 0 Å². The predicted molar refractivity (Wildman–Crippen MR) is 70.4 cm³/mol. The van der Waals surface area contributed by atoms with Gasteiger partial charge in [0.05, 0.1) is 23.6 Å². The fourth-order valence-electron chi connectivity index (χ4n) is 1.84. The van der Waals surface area contributed by atoms with Crippen molar-refractivity contribution < 1.29 is 0 Å². The Morgan fingerprint density at radius 1 is 0.882 bits per heavy atom. The molecule has 0 aliphatic rings. The second-order valence-corrected chi connectivity index (χ2v) is 6.65. The van der Waals surface area contributed by atoms with E-state index in [0.29, 0.717) is 0 Å². The highest BCUT2D eigenvalue weighted by Crippen LogP contribution is 2.25. The third-order valence-corrected chi connectivity index (χ3v) is 2.85. The summed E-state index contributed by atoms with van der Waals surface area (Å²) < 4.78 is 2.16. The lowest BCUT2D eigenvalue weighted by molar-refractivity contribution is 0.533. The molecule has 0 unspecified atom stereocenters. The van der Waals surface area contributed by atoms with E-state index >= 15 is 0 Å². The van der Waals surface area contributed by atoms with E-state index in [-0.39, 0.29) is 10.8 Å². The molecule has 2 rings (SSSR count). The molecule has 0 N–H and O–H groups in total. The molecule has 2 aromatic rings. The normalized spacial score (nSPS) is 13.3. The Kier molecular flexibility index (Phi) is 2.53. The number of aromatic nitrogens is 3. The Morgan fingerprint density at radius 3 is 2.00 bits per heavy atom. The fourth-order valence-corrected chi connectivity index (χ4v) is 1.84. The Bertz CT molecular complexity index is 539. The molecule has 2 aromatic heterocycles. The Morgan fingerprint density at radius 2 is 1.47 bits per heavy atom. The van der Waals surface area contributed by atoms with Gasteiger partial charge >= 0.3 is 0 Å². The van der Waals surface area contributed by atoms with E-state index in [9.17, 15) is 0 Å². The topological polar surface area (TPSA) is 30.2 Å². The van der Waals surface area contributed by atoms with E-state index in [1.165, 1.54) is 0 Å². The third kappa shape index (κ3) is 2.19. The Labute approximate surface area is 103 Å². The Balaban J connectivity index is 2.67. The molecule has 0 bridgehead atoms. The first-order chi connectivity index (χ1) is 7.69. The minimum atomic E-state index is 0.0446. The number of hydrogen-bond donors (Lipinski definition) is 0. The van der Waals surface area contributed by atoms with Gasteiger partial charge in [0.15, 0.2) is 0 Å². The number of rotatable bonds is 0. The molecule has 0 amide bonds. The molecular formula is C14H21N3. The minimum absolute atomic E-state index is 0.0446. The molecule has 0 atom stereocenters. The van der Waals surface area contributed by atoms with Crippen molar-refractivity contribution in [3.63, 3.8) is 0 Å². The van der Waals surface area contributed by atoms with Crippen molar-refractivity contribution in [2.75, 3.05) is 0 Å². The van der Waals surface area contributed by atoms with E-state index in [2.05, 4.69) is 62.1 Å². The van der Waals surface area contributed by atoms with Gasteiger partial charge in [-0.2, -0.15) is 0 Å². The molecule has 3 heteroatoms. The van der Waals surface area contributed by atoms with Gasteiger partial charge in [-0.3, -0.25) is 9.38 Å². The van der Waals surface area contributed by atoms with Crippen LogP contribution in [0.4, 0.5) is 0 Å². The number of hydrogen-bond acceptors (Lipinski definition) is 2. The van der Waals surface area contributed by atoms with Crippen molar-refractivity contribution in [2.45, 2.75) is 52.4 Å². The second-order valence-electron chi connectivity index (χ2n) is 6.65. The first kappa shape index (κ1) is 12.1. The third-order valence-electron chi connectivity index (χ3n) is 2.85. The van der Waals surface area contributed by atoms with Gasteiger partial charge in [-0.05, 0) is 0 Å². The van der Waals surface area contributed by atoms with Crippen LogP contribution in [0.2, 0.25) is 0 Å². The molecule has 0 saturated heterocycles. The highest BCUT2D eigenvalue weighted by Gasteiger charge is 2.22.